The van der Waals surface area contributed by atoms with E-state index in [1.165, 1.54) is 35.7 Å². The Balaban J connectivity index is 1.94. The van der Waals surface area contributed by atoms with Gasteiger partial charge in [-0.25, -0.2) is 0 Å². The van der Waals surface area contributed by atoms with E-state index in [0.717, 1.165) is 6.42 Å². The lowest BCUT2D eigenvalue weighted by Crippen LogP contribution is -2.06. The van der Waals surface area contributed by atoms with E-state index >= 15 is 0 Å². The topological polar surface area (TPSA) is 12.9 Å². The van der Waals surface area contributed by atoms with Gasteiger partial charge in [0.05, 0.1) is 0 Å². The summed E-state index contributed by atoms with van der Waals surface area (Å²) in [4.78, 5) is 4.57. The summed E-state index contributed by atoms with van der Waals surface area (Å²) in [6.07, 6.45) is 11.6. The van der Waals surface area contributed by atoms with E-state index in [9.17, 15) is 0 Å². The summed E-state index contributed by atoms with van der Waals surface area (Å²) in [6.45, 7) is 0. The molecule has 0 saturated heterocycles. The van der Waals surface area contributed by atoms with Gasteiger partial charge in [-0.3, -0.25) is 4.98 Å². The summed E-state index contributed by atoms with van der Waals surface area (Å²) in [6, 6.07) is 10.6. The Kier molecular flexibility index (Phi) is 2.91. The molecule has 0 saturated carbocycles. The van der Waals surface area contributed by atoms with Crippen molar-refractivity contribution in [3.05, 3.63) is 54.4 Å². The summed E-state index contributed by atoms with van der Waals surface area (Å²) in [5, 5.41) is 2.62. The Bertz CT molecular complexity index is 537. The maximum absolute atomic E-state index is 4.57. The molecule has 2 aromatic rings. The van der Waals surface area contributed by atoms with Gasteiger partial charge in [-0.15, -0.1) is 0 Å². The molecule has 1 nitrogen and oxygen atoms in total. The highest BCUT2D eigenvalue weighted by atomic mass is 14.7. The van der Waals surface area contributed by atoms with Crippen LogP contribution in [-0.4, -0.2) is 4.98 Å². The van der Waals surface area contributed by atoms with Gasteiger partial charge in [0.1, 0.15) is 0 Å². The summed E-state index contributed by atoms with van der Waals surface area (Å²) >= 11 is 0. The van der Waals surface area contributed by atoms with E-state index < -0.39 is 0 Å². The molecule has 0 radical (unpaired) electrons. The van der Waals surface area contributed by atoms with Crippen LogP contribution in [0, 0.1) is 5.92 Å². The molecule has 0 unspecified atom stereocenters. The Morgan fingerprint density at radius 2 is 2.12 bits per heavy atom. The summed E-state index contributed by atoms with van der Waals surface area (Å²) < 4.78 is 0. The Morgan fingerprint density at radius 1 is 1.18 bits per heavy atom. The third-order valence-electron chi connectivity index (χ3n) is 3.57. The predicted molar refractivity (Wildman–Crippen MR) is 71.9 cm³/mol. The highest BCUT2D eigenvalue weighted by molar-refractivity contribution is 5.84. The number of nitrogens with zero attached hydrogens (tertiary/aromatic N) is 1. The number of hydrogen-bond acceptors (Lipinski definition) is 1. The number of benzene rings is 1. The molecule has 0 N–H and O–H groups in total. The van der Waals surface area contributed by atoms with Crippen LogP contribution in [0.2, 0.25) is 0 Å². The molecule has 1 aromatic heterocycles. The highest BCUT2D eigenvalue weighted by Crippen LogP contribution is 2.24. The fourth-order valence-electron chi connectivity index (χ4n) is 2.65. The van der Waals surface area contributed by atoms with Gasteiger partial charge in [0.25, 0.3) is 0 Å². The van der Waals surface area contributed by atoms with Gasteiger partial charge in [-0.05, 0) is 43.1 Å². The first-order valence-corrected chi connectivity index (χ1v) is 6.43. The SMILES string of the molecule is C1=C[C@@H](Cc2nccc3ccccc23)CCC1. The predicted octanol–water partition coefficient (Wildman–Crippen LogP) is 4.13. The second-order valence-electron chi connectivity index (χ2n) is 4.80. The van der Waals surface area contributed by atoms with Crippen molar-refractivity contribution in [2.75, 3.05) is 0 Å². The molecule has 0 fully saturated rings. The molecule has 1 aromatic carbocycles. The second kappa shape index (κ2) is 4.70. The Morgan fingerprint density at radius 3 is 3.00 bits per heavy atom. The summed E-state index contributed by atoms with van der Waals surface area (Å²) in [5.74, 6) is 0.682. The van der Waals surface area contributed by atoms with Crippen LogP contribution in [0.25, 0.3) is 10.8 Å². The normalized spacial score (nSPS) is 19.6. The molecule has 0 spiro atoms. The average molecular weight is 223 g/mol. The van der Waals surface area contributed by atoms with Crippen molar-refractivity contribution in [1.82, 2.24) is 4.98 Å². The summed E-state index contributed by atoms with van der Waals surface area (Å²) in [5.41, 5.74) is 1.25. The van der Waals surface area contributed by atoms with Crippen LogP contribution < -0.4 is 0 Å². The van der Waals surface area contributed by atoms with Crippen molar-refractivity contribution in [1.29, 1.82) is 0 Å². The van der Waals surface area contributed by atoms with Gasteiger partial charge in [0.2, 0.25) is 0 Å². The molecular formula is C16H17N. The van der Waals surface area contributed by atoms with E-state index in [1.807, 2.05) is 6.20 Å². The van der Waals surface area contributed by atoms with Crippen LogP contribution in [0.15, 0.2) is 48.7 Å². The van der Waals surface area contributed by atoms with Crippen molar-refractivity contribution >= 4 is 10.8 Å². The number of fused-ring (bicyclic) bond motifs is 1. The minimum absolute atomic E-state index is 0.682. The van der Waals surface area contributed by atoms with Crippen LogP contribution in [-0.2, 0) is 6.42 Å². The van der Waals surface area contributed by atoms with Gasteiger partial charge < -0.3 is 0 Å². The summed E-state index contributed by atoms with van der Waals surface area (Å²) in [7, 11) is 0. The maximum Gasteiger partial charge on any atom is 0.0487 e. The zero-order chi connectivity index (χ0) is 11.5. The fraction of sp³-hybridized carbons (Fsp3) is 0.312. The number of aromatic nitrogens is 1. The lowest BCUT2D eigenvalue weighted by atomic mass is 9.90. The second-order valence-corrected chi connectivity index (χ2v) is 4.80. The number of pyridine rings is 1. The molecule has 1 heteroatoms. The van der Waals surface area contributed by atoms with Gasteiger partial charge in [-0.2, -0.15) is 0 Å². The van der Waals surface area contributed by atoms with Crippen molar-refractivity contribution in [2.45, 2.75) is 25.7 Å². The van der Waals surface area contributed by atoms with Gasteiger partial charge in [-0.1, -0.05) is 36.4 Å². The lowest BCUT2D eigenvalue weighted by Gasteiger charge is -2.16. The molecule has 17 heavy (non-hydrogen) atoms. The van der Waals surface area contributed by atoms with Crippen LogP contribution >= 0.6 is 0 Å². The third kappa shape index (κ3) is 2.23. The van der Waals surface area contributed by atoms with Crippen molar-refractivity contribution in [3.63, 3.8) is 0 Å². The molecule has 86 valence electrons. The zero-order valence-corrected chi connectivity index (χ0v) is 9.97. The molecule has 1 heterocycles. The van der Waals surface area contributed by atoms with Crippen LogP contribution in [0.3, 0.4) is 0 Å². The standard InChI is InChI=1S/C16H17N/c1-2-6-13(7-3-1)12-16-15-9-5-4-8-14(15)10-11-17-16/h2,4-6,8-11,13H,1,3,7,12H2/t13-/m1/s1. The fourth-order valence-corrected chi connectivity index (χ4v) is 2.65. The smallest absolute Gasteiger partial charge is 0.0487 e. The quantitative estimate of drug-likeness (QED) is 0.697. The van der Waals surface area contributed by atoms with E-state index in [2.05, 4.69) is 47.5 Å². The molecule has 0 amide bonds. The molecule has 3 rings (SSSR count). The highest BCUT2D eigenvalue weighted by Gasteiger charge is 2.11. The van der Waals surface area contributed by atoms with Gasteiger partial charge in [0, 0.05) is 17.3 Å². The first-order chi connectivity index (χ1) is 8.43. The zero-order valence-electron chi connectivity index (χ0n) is 9.97. The van der Waals surface area contributed by atoms with Crippen molar-refractivity contribution < 1.29 is 0 Å². The Hall–Kier alpha value is -1.63. The molecule has 1 aliphatic rings. The van der Waals surface area contributed by atoms with Gasteiger partial charge >= 0.3 is 0 Å². The average Bonchev–Trinajstić information content (AvgIpc) is 2.40. The minimum Gasteiger partial charge on any atom is -0.261 e. The number of hydrogen-bond donors (Lipinski definition) is 0. The first-order valence-electron chi connectivity index (χ1n) is 6.43. The van der Waals surface area contributed by atoms with E-state index in [0.29, 0.717) is 5.92 Å². The van der Waals surface area contributed by atoms with Crippen LogP contribution in [0.4, 0.5) is 0 Å². The van der Waals surface area contributed by atoms with E-state index in [-0.39, 0.29) is 0 Å². The van der Waals surface area contributed by atoms with E-state index in [4.69, 9.17) is 0 Å². The number of rotatable bonds is 2. The molecule has 0 bridgehead atoms. The maximum atomic E-state index is 4.57. The minimum atomic E-state index is 0.682. The lowest BCUT2D eigenvalue weighted by molar-refractivity contribution is 0.535. The largest absolute Gasteiger partial charge is 0.261 e. The molecule has 1 aliphatic carbocycles. The van der Waals surface area contributed by atoms with Crippen molar-refractivity contribution in [3.8, 4) is 0 Å². The first kappa shape index (κ1) is 10.5. The van der Waals surface area contributed by atoms with Gasteiger partial charge in [0.15, 0.2) is 0 Å². The molecule has 1 atom stereocenters. The van der Waals surface area contributed by atoms with E-state index in [1.54, 1.807) is 0 Å². The van der Waals surface area contributed by atoms with Crippen molar-refractivity contribution in [2.24, 2.45) is 5.92 Å². The Labute approximate surface area is 102 Å². The third-order valence-corrected chi connectivity index (χ3v) is 3.57. The molecular weight excluding hydrogens is 206 g/mol. The monoisotopic (exact) mass is 223 g/mol. The number of allylic oxidation sites excluding steroid dienone is 2. The molecule has 0 aliphatic heterocycles. The van der Waals surface area contributed by atoms with Crippen LogP contribution in [0.5, 0.6) is 0 Å². The van der Waals surface area contributed by atoms with Crippen LogP contribution in [0.1, 0.15) is 25.0 Å².